The van der Waals surface area contributed by atoms with Crippen molar-refractivity contribution < 1.29 is 4.79 Å². The first-order valence-electron chi connectivity index (χ1n) is 6.69. The van der Waals surface area contributed by atoms with Gasteiger partial charge in [-0.25, -0.2) is 0 Å². The molecule has 1 aromatic rings. The molecule has 7 heteroatoms. The Labute approximate surface area is 143 Å². The van der Waals surface area contributed by atoms with E-state index in [0.717, 1.165) is 37.5 Å². The van der Waals surface area contributed by atoms with Gasteiger partial charge in [-0.15, -0.1) is 36.6 Å². The fourth-order valence-corrected chi connectivity index (χ4v) is 3.17. The summed E-state index contributed by atoms with van der Waals surface area (Å²) in [6.07, 6.45) is 2.91. The van der Waals surface area contributed by atoms with Gasteiger partial charge in [-0.2, -0.15) is 0 Å². The van der Waals surface area contributed by atoms with Gasteiger partial charge in [0.1, 0.15) is 0 Å². The summed E-state index contributed by atoms with van der Waals surface area (Å²) < 4.78 is 0. The monoisotopic (exact) mass is 351 g/mol. The highest BCUT2D eigenvalue weighted by Gasteiger charge is 2.25. The van der Waals surface area contributed by atoms with Gasteiger partial charge in [0, 0.05) is 25.0 Å². The van der Waals surface area contributed by atoms with Crippen LogP contribution in [-0.2, 0) is 10.5 Å². The van der Waals surface area contributed by atoms with E-state index in [1.165, 1.54) is 0 Å². The smallest absolute Gasteiger partial charge is 0.232 e. The first-order valence-corrected chi connectivity index (χ1v) is 7.85. The van der Waals surface area contributed by atoms with Gasteiger partial charge in [0.25, 0.3) is 0 Å². The maximum absolute atomic E-state index is 12.0. The van der Waals surface area contributed by atoms with E-state index in [1.54, 1.807) is 18.0 Å². The van der Waals surface area contributed by atoms with Crippen LogP contribution in [-0.4, -0.2) is 48.2 Å². The van der Waals surface area contributed by atoms with Crippen molar-refractivity contribution in [1.29, 1.82) is 0 Å². The number of thioether (sulfide) groups is 1. The number of pyridine rings is 1. The van der Waals surface area contributed by atoms with Crippen molar-refractivity contribution in [1.82, 2.24) is 15.2 Å². The number of rotatable bonds is 6. The van der Waals surface area contributed by atoms with Crippen molar-refractivity contribution in [3.05, 3.63) is 30.1 Å². The Hall–Kier alpha value is -0.490. The van der Waals surface area contributed by atoms with E-state index in [1.807, 2.05) is 30.1 Å². The number of likely N-dealkylation sites (tertiary alicyclic amines) is 1. The lowest BCUT2D eigenvalue weighted by molar-refractivity contribution is -0.127. The molecule has 1 aliphatic rings. The molecule has 0 spiro atoms. The van der Waals surface area contributed by atoms with E-state index in [2.05, 4.69) is 10.3 Å². The summed E-state index contributed by atoms with van der Waals surface area (Å²) in [5.74, 6) is 2.25. The van der Waals surface area contributed by atoms with Crippen LogP contribution in [0.5, 0.6) is 0 Å². The third kappa shape index (κ3) is 6.87. The van der Waals surface area contributed by atoms with Crippen molar-refractivity contribution in [2.75, 3.05) is 32.4 Å². The summed E-state index contributed by atoms with van der Waals surface area (Å²) in [4.78, 5) is 18.3. The summed E-state index contributed by atoms with van der Waals surface area (Å²) in [6, 6.07) is 5.88. The number of halogens is 2. The molecule has 21 heavy (non-hydrogen) atoms. The predicted molar refractivity (Wildman–Crippen MR) is 93.5 cm³/mol. The lowest BCUT2D eigenvalue weighted by Crippen LogP contribution is -2.31. The van der Waals surface area contributed by atoms with Crippen LogP contribution in [0.4, 0.5) is 0 Å². The standard InChI is InChI=1S/C14H21N3OS.2ClH/c1-15-8-12-5-7-17(9-12)14(18)11-19-10-13-4-2-3-6-16-13;;/h2-4,6,12,15H,5,7-11H2,1H3;2*1H. The second-order valence-electron chi connectivity index (χ2n) is 4.87. The van der Waals surface area contributed by atoms with Crippen LogP contribution in [0.3, 0.4) is 0 Å². The summed E-state index contributed by atoms with van der Waals surface area (Å²) in [6.45, 7) is 2.82. The number of carbonyl (C=O) groups excluding carboxylic acids is 1. The molecule has 4 nitrogen and oxygen atoms in total. The molecular formula is C14H23Cl2N3OS. The van der Waals surface area contributed by atoms with Gasteiger partial charge in [-0.1, -0.05) is 6.07 Å². The molecular weight excluding hydrogens is 329 g/mol. The SMILES string of the molecule is CNCC1CCN(C(=O)CSCc2ccccn2)C1.Cl.Cl. The summed E-state index contributed by atoms with van der Waals surface area (Å²) in [5, 5.41) is 3.18. The zero-order valence-electron chi connectivity index (χ0n) is 12.2. The minimum atomic E-state index is 0. The van der Waals surface area contributed by atoms with E-state index in [9.17, 15) is 4.79 Å². The second kappa shape index (κ2) is 11.1. The Balaban J connectivity index is 0.00000200. The largest absolute Gasteiger partial charge is 0.342 e. The number of aromatic nitrogens is 1. The highest BCUT2D eigenvalue weighted by Crippen LogP contribution is 2.17. The van der Waals surface area contributed by atoms with E-state index in [4.69, 9.17) is 0 Å². The molecule has 1 aliphatic heterocycles. The minimum Gasteiger partial charge on any atom is -0.342 e. The van der Waals surface area contributed by atoms with Gasteiger partial charge in [-0.05, 0) is 38.1 Å². The van der Waals surface area contributed by atoms with Crippen molar-refractivity contribution >= 4 is 42.5 Å². The first kappa shape index (κ1) is 20.5. The van der Waals surface area contributed by atoms with Crippen LogP contribution >= 0.6 is 36.6 Å². The Morgan fingerprint density at radius 2 is 2.29 bits per heavy atom. The molecule has 0 radical (unpaired) electrons. The third-order valence-electron chi connectivity index (χ3n) is 3.33. The number of nitrogens with one attached hydrogen (secondary N) is 1. The zero-order chi connectivity index (χ0) is 13.5. The van der Waals surface area contributed by atoms with Crippen molar-refractivity contribution in [3.8, 4) is 0 Å². The average Bonchev–Trinajstić information content (AvgIpc) is 2.89. The molecule has 1 aromatic heterocycles. The summed E-state index contributed by atoms with van der Waals surface area (Å²) in [5.41, 5.74) is 1.04. The maximum Gasteiger partial charge on any atom is 0.232 e. The van der Waals surface area contributed by atoms with Crippen LogP contribution in [0.25, 0.3) is 0 Å². The molecule has 2 heterocycles. The van der Waals surface area contributed by atoms with Gasteiger partial charge < -0.3 is 10.2 Å². The van der Waals surface area contributed by atoms with E-state index < -0.39 is 0 Å². The van der Waals surface area contributed by atoms with E-state index >= 15 is 0 Å². The van der Waals surface area contributed by atoms with Crippen LogP contribution in [0.2, 0.25) is 0 Å². The molecule has 1 unspecified atom stereocenters. The second-order valence-corrected chi connectivity index (χ2v) is 5.85. The maximum atomic E-state index is 12.0. The molecule has 120 valence electrons. The number of nitrogens with zero attached hydrogens (tertiary/aromatic N) is 2. The quantitative estimate of drug-likeness (QED) is 0.853. The topological polar surface area (TPSA) is 45.2 Å². The molecule has 0 saturated carbocycles. The number of hydrogen-bond donors (Lipinski definition) is 1. The van der Waals surface area contributed by atoms with E-state index in [-0.39, 0.29) is 30.7 Å². The van der Waals surface area contributed by atoms with Crippen molar-refractivity contribution in [3.63, 3.8) is 0 Å². The van der Waals surface area contributed by atoms with Crippen LogP contribution in [0, 0.1) is 5.92 Å². The molecule has 2 rings (SSSR count). The first-order chi connectivity index (χ1) is 9.29. The Morgan fingerprint density at radius 1 is 1.48 bits per heavy atom. The van der Waals surface area contributed by atoms with Gasteiger partial charge in [0.05, 0.1) is 11.4 Å². The number of hydrogen-bond acceptors (Lipinski definition) is 4. The van der Waals surface area contributed by atoms with Gasteiger partial charge in [0.15, 0.2) is 0 Å². The van der Waals surface area contributed by atoms with Crippen LogP contribution in [0.1, 0.15) is 12.1 Å². The minimum absolute atomic E-state index is 0. The lowest BCUT2D eigenvalue weighted by Gasteiger charge is -2.16. The summed E-state index contributed by atoms with van der Waals surface area (Å²) in [7, 11) is 1.97. The highest BCUT2D eigenvalue weighted by atomic mass is 35.5. The molecule has 1 N–H and O–H groups in total. The molecule has 1 atom stereocenters. The van der Waals surface area contributed by atoms with Crippen molar-refractivity contribution in [2.24, 2.45) is 5.92 Å². The van der Waals surface area contributed by atoms with Crippen LogP contribution in [0.15, 0.2) is 24.4 Å². The Bertz CT molecular complexity index is 408. The molecule has 1 amide bonds. The normalized spacial score (nSPS) is 17.0. The number of carbonyl (C=O) groups is 1. The average molecular weight is 352 g/mol. The number of amides is 1. The molecule has 0 aliphatic carbocycles. The highest BCUT2D eigenvalue weighted by molar-refractivity contribution is 7.99. The van der Waals surface area contributed by atoms with Gasteiger partial charge in [0.2, 0.25) is 5.91 Å². The molecule has 0 bridgehead atoms. The Kier molecular flexibility index (Phi) is 10.9. The fraction of sp³-hybridized carbons (Fsp3) is 0.571. The lowest BCUT2D eigenvalue weighted by atomic mass is 10.1. The summed E-state index contributed by atoms with van der Waals surface area (Å²) >= 11 is 1.65. The van der Waals surface area contributed by atoms with E-state index in [0.29, 0.717) is 11.7 Å². The zero-order valence-corrected chi connectivity index (χ0v) is 14.6. The van der Waals surface area contributed by atoms with Crippen LogP contribution < -0.4 is 5.32 Å². The van der Waals surface area contributed by atoms with Crippen molar-refractivity contribution in [2.45, 2.75) is 12.2 Å². The Morgan fingerprint density at radius 3 is 2.95 bits per heavy atom. The van der Waals surface area contributed by atoms with Gasteiger partial charge in [-0.3, -0.25) is 9.78 Å². The predicted octanol–water partition coefficient (Wildman–Crippen LogP) is 2.23. The molecule has 0 aromatic carbocycles. The third-order valence-corrected chi connectivity index (χ3v) is 4.28. The molecule has 1 saturated heterocycles. The fourth-order valence-electron chi connectivity index (χ4n) is 2.33. The molecule has 1 fully saturated rings. The van der Waals surface area contributed by atoms with Gasteiger partial charge >= 0.3 is 0 Å².